The lowest BCUT2D eigenvalue weighted by Crippen LogP contribution is -2.35. The van der Waals surface area contributed by atoms with E-state index in [1.165, 1.54) is 12.4 Å². The number of ether oxygens (including phenoxy) is 1. The summed E-state index contributed by atoms with van der Waals surface area (Å²) in [5.41, 5.74) is 0.275. The number of nitrogens with one attached hydrogen (secondary N) is 2. The number of hydrogen-bond donors (Lipinski definition) is 2. The molecule has 166 valence electrons. The molecule has 0 fully saturated rings. The third kappa shape index (κ3) is 5.44. The Morgan fingerprint density at radius 3 is 2.81 bits per heavy atom. The smallest absolute Gasteiger partial charge is 0.408 e. The number of alkyl halides is 2. The standard InChI is InChI=1S/C21H25F2N5O3/c1-12-6-5-7-14(27-20(30)31-21(2,3)4)13-8-9-24-15(10-13)17-16(26-18(12)29)11-25-28(17)19(22)23/h5-6,8-12,14,19H,7H2,1-4H3,(H,26,29)(H,27,30)/b6-5-/t12-,14+/m1/s1. The quantitative estimate of drug-likeness (QED) is 0.683. The molecule has 31 heavy (non-hydrogen) atoms. The third-order valence-electron chi connectivity index (χ3n) is 4.57. The zero-order valence-electron chi connectivity index (χ0n) is 17.7. The van der Waals surface area contributed by atoms with Crippen LogP contribution in [-0.2, 0) is 9.53 Å². The number of aromatic nitrogens is 3. The Labute approximate surface area is 178 Å². The number of hydrogen-bond acceptors (Lipinski definition) is 5. The lowest BCUT2D eigenvalue weighted by atomic mass is 10.0. The SMILES string of the molecule is C[C@@H]1/C=C\C[C@H](NC(=O)OC(C)(C)C)c2ccnc(c2)-c2c(cnn2C(F)F)NC1=O. The molecule has 2 amide bonds. The summed E-state index contributed by atoms with van der Waals surface area (Å²) >= 11 is 0. The van der Waals surface area contributed by atoms with Crippen molar-refractivity contribution in [2.45, 2.75) is 52.3 Å². The first kappa shape index (κ1) is 22.4. The molecule has 3 rings (SSSR count). The van der Waals surface area contributed by atoms with E-state index in [9.17, 15) is 18.4 Å². The highest BCUT2D eigenvalue weighted by molar-refractivity contribution is 5.96. The Kier molecular flexibility index (Phi) is 6.37. The normalized spacial score (nSPS) is 20.2. The molecule has 0 saturated carbocycles. The highest BCUT2D eigenvalue weighted by Crippen LogP contribution is 2.32. The largest absolute Gasteiger partial charge is 0.444 e. The second-order valence-electron chi connectivity index (χ2n) is 8.24. The number of alkyl carbamates (subject to hydrolysis) is 1. The maximum absolute atomic E-state index is 13.6. The van der Waals surface area contributed by atoms with Crippen molar-refractivity contribution in [3.8, 4) is 11.4 Å². The molecular weight excluding hydrogens is 408 g/mol. The Morgan fingerprint density at radius 1 is 1.39 bits per heavy atom. The summed E-state index contributed by atoms with van der Waals surface area (Å²) in [6.45, 7) is 4.03. The first-order chi connectivity index (χ1) is 14.5. The highest BCUT2D eigenvalue weighted by Gasteiger charge is 2.25. The Balaban J connectivity index is 2.07. The average molecular weight is 433 g/mol. The molecule has 0 aromatic carbocycles. The molecule has 2 aromatic heterocycles. The molecule has 2 bridgehead atoms. The second kappa shape index (κ2) is 8.83. The van der Waals surface area contributed by atoms with E-state index in [2.05, 4.69) is 20.7 Å². The van der Waals surface area contributed by atoms with Crippen molar-refractivity contribution in [3.63, 3.8) is 0 Å². The number of amides is 2. The number of halogens is 2. The molecule has 0 unspecified atom stereocenters. The van der Waals surface area contributed by atoms with Gasteiger partial charge in [0.2, 0.25) is 5.91 Å². The minimum Gasteiger partial charge on any atom is -0.444 e. The summed E-state index contributed by atoms with van der Waals surface area (Å²) in [6.07, 6.45) is 5.87. The van der Waals surface area contributed by atoms with E-state index in [-0.39, 0.29) is 23.0 Å². The monoisotopic (exact) mass is 433 g/mol. The van der Waals surface area contributed by atoms with Crippen LogP contribution in [0.3, 0.4) is 0 Å². The lowest BCUT2D eigenvalue weighted by Gasteiger charge is -2.24. The topological polar surface area (TPSA) is 98.1 Å². The summed E-state index contributed by atoms with van der Waals surface area (Å²) in [7, 11) is 0. The number of pyridine rings is 1. The zero-order chi connectivity index (χ0) is 22.8. The van der Waals surface area contributed by atoms with Crippen molar-refractivity contribution >= 4 is 17.7 Å². The first-order valence-corrected chi connectivity index (χ1v) is 9.84. The zero-order valence-corrected chi connectivity index (χ0v) is 17.7. The average Bonchev–Trinajstić information content (AvgIpc) is 3.08. The maximum Gasteiger partial charge on any atom is 0.408 e. The number of carbonyl (C=O) groups is 2. The number of rotatable bonds is 2. The molecule has 0 saturated heterocycles. The van der Waals surface area contributed by atoms with Crippen LogP contribution in [0.15, 0.2) is 36.7 Å². The van der Waals surface area contributed by atoms with E-state index < -0.39 is 30.2 Å². The summed E-state index contributed by atoms with van der Waals surface area (Å²) in [5.74, 6) is -0.907. The first-order valence-electron chi connectivity index (χ1n) is 9.84. The van der Waals surface area contributed by atoms with Crippen LogP contribution in [0.4, 0.5) is 19.3 Å². The highest BCUT2D eigenvalue weighted by atomic mass is 19.3. The van der Waals surface area contributed by atoms with Gasteiger partial charge in [0.05, 0.1) is 29.5 Å². The molecule has 1 aliphatic rings. The summed E-state index contributed by atoms with van der Waals surface area (Å²) in [6, 6.07) is 2.76. The fourth-order valence-corrected chi connectivity index (χ4v) is 3.13. The molecule has 2 aromatic rings. The summed E-state index contributed by atoms with van der Waals surface area (Å²) < 4.78 is 33.0. The van der Waals surface area contributed by atoms with Crippen molar-refractivity contribution in [3.05, 3.63) is 42.2 Å². The molecule has 2 N–H and O–H groups in total. The van der Waals surface area contributed by atoms with Gasteiger partial charge < -0.3 is 15.4 Å². The summed E-state index contributed by atoms with van der Waals surface area (Å²) in [4.78, 5) is 29.1. The molecule has 1 aliphatic heterocycles. The number of carbonyl (C=O) groups excluding carboxylic acids is 2. The van der Waals surface area contributed by atoms with Crippen LogP contribution in [0.2, 0.25) is 0 Å². The van der Waals surface area contributed by atoms with Crippen LogP contribution in [-0.4, -0.2) is 32.4 Å². The van der Waals surface area contributed by atoms with Crippen molar-refractivity contribution in [2.24, 2.45) is 5.92 Å². The second-order valence-corrected chi connectivity index (χ2v) is 8.24. The number of fused-ring (bicyclic) bond motifs is 4. The van der Waals surface area contributed by atoms with Crippen molar-refractivity contribution in [1.29, 1.82) is 0 Å². The van der Waals surface area contributed by atoms with Gasteiger partial charge in [-0.1, -0.05) is 19.1 Å². The molecule has 0 aliphatic carbocycles. The molecule has 8 nitrogen and oxygen atoms in total. The van der Waals surface area contributed by atoms with Gasteiger partial charge in [-0.15, -0.1) is 0 Å². The minimum atomic E-state index is -2.92. The lowest BCUT2D eigenvalue weighted by molar-refractivity contribution is -0.118. The predicted molar refractivity (Wildman–Crippen MR) is 110 cm³/mol. The summed E-state index contributed by atoms with van der Waals surface area (Å²) in [5, 5.41) is 9.16. The van der Waals surface area contributed by atoms with E-state index in [1.54, 1.807) is 52.0 Å². The van der Waals surface area contributed by atoms with Crippen LogP contribution >= 0.6 is 0 Å². The van der Waals surface area contributed by atoms with Gasteiger partial charge in [0, 0.05) is 6.20 Å². The molecular formula is C21H25F2N5O3. The van der Waals surface area contributed by atoms with Crippen LogP contribution in [0.25, 0.3) is 11.4 Å². The van der Waals surface area contributed by atoms with Crippen molar-refractivity contribution < 1.29 is 23.1 Å². The van der Waals surface area contributed by atoms with Crippen LogP contribution in [0.5, 0.6) is 0 Å². The van der Waals surface area contributed by atoms with Gasteiger partial charge >= 0.3 is 12.6 Å². The Morgan fingerprint density at radius 2 is 2.13 bits per heavy atom. The van der Waals surface area contributed by atoms with Gasteiger partial charge in [-0.05, 0) is 44.9 Å². The third-order valence-corrected chi connectivity index (χ3v) is 4.57. The van der Waals surface area contributed by atoms with Crippen LogP contribution in [0, 0.1) is 5.92 Å². The number of nitrogens with zero attached hydrogens (tertiary/aromatic N) is 3. The van der Waals surface area contributed by atoms with Gasteiger partial charge in [0.1, 0.15) is 11.3 Å². The fourth-order valence-electron chi connectivity index (χ4n) is 3.13. The molecule has 10 heteroatoms. The van der Waals surface area contributed by atoms with E-state index in [0.717, 1.165) is 0 Å². The van der Waals surface area contributed by atoms with E-state index >= 15 is 0 Å². The van der Waals surface area contributed by atoms with Crippen molar-refractivity contribution in [1.82, 2.24) is 20.1 Å². The minimum absolute atomic E-state index is 0.0158. The van der Waals surface area contributed by atoms with Gasteiger partial charge in [0.15, 0.2) is 0 Å². The molecule has 0 radical (unpaired) electrons. The van der Waals surface area contributed by atoms with Crippen LogP contribution < -0.4 is 10.6 Å². The van der Waals surface area contributed by atoms with Gasteiger partial charge in [0.25, 0.3) is 0 Å². The molecule has 2 atom stereocenters. The van der Waals surface area contributed by atoms with Crippen molar-refractivity contribution in [2.75, 3.05) is 5.32 Å². The van der Waals surface area contributed by atoms with Gasteiger partial charge in [-0.2, -0.15) is 18.6 Å². The van der Waals surface area contributed by atoms with Crippen LogP contribution in [0.1, 0.15) is 52.3 Å². The van der Waals surface area contributed by atoms with E-state index in [4.69, 9.17) is 4.74 Å². The molecule has 3 heterocycles. The predicted octanol–water partition coefficient (Wildman–Crippen LogP) is 4.44. The Bertz CT molecular complexity index is 997. The van der Waals surface area contributed by atoms with E-state index in [0.29, 0.717) is 16.7 Å². The maximum atomic E-state index is 13.6. The fraction of sp³-hybridized carbons (Fsp3) is 0.429. The van der Waals surface area contributed by atoms with Gasteiger partial charge in [-0.3, -0.25) is 9.78 Å². The Hall–Kier alpha value is -3.30. The van der Waals surface area contributed by atoms with E-state index in [1.807, 2.05) is 0 Å². The number of anilines is 1. The van der Waals surface area contributed by atoms with Gasteiger partial charge in [-0.25, -0.2) is 4.79 Å². The molecule has 0 spiro atoms.